The van der Waals surface area contributed by atoms with E-state index in [9.17, 15) is 4.79 Å². The van der Waals surface area contributed by atoms with Gasteiger partial charge in [-0.2, -0.15) is 0 Å². The highest BCUT2D eigenvalue weighted by molar-refractivity contribution is 6.99. The Labute approximate surface area is 211 Å². The third-order valence-corrected chi connectivity index (χ3v) is 13.6. The second-order valence-electron chi connectivity index (χ2n) is 11.5. The standard InChI is InChI=1S/C32H36O2Si/c1-31(2,3)35(26-14-7-5-8-15-26,27-16-9-6-10-17-27)34-22-25-19-20-29-28-18-12-11-13-24(28)21-30(29)32(25,4)23-33/h5-20,23,25,29-30H,21-22H2,1-4H3/t25-,29+,30+,32+/m1/s1. The van der Waals surface area contributed by atoms with E-state index in [1.165, 1.54) is 27.8 Å². The molecule has 0 aliphatic heterocycles. The molecule has 0 heterocycles. The third-order valence-electron chi connectivity index (χ3n) is 8.59. The highest BCUT2D eigenvalue weighted by Crippen LogP contribution is 2.53. The summed E-state index contributed by atoms with van der Waals surface area (Å²) in [6.07, 6.45) is 6.80. The molecule has 0 fully saturated rings. The van der Waals surface area contributed by atoms with Crippen LogP contribution >= 0.6 is 0 Å². The molecule has 2 nitrogen and oxygen atoms in total. The number of benzene rings is 3. The first-order valence-electron chi connectivity index (χ1n) is 12.8. The summed E-state index contributed by atoms with van der Waals surface area (Å²) in [5, 5.41) is 2.47. The van der Waals surface area contributed by atoms with Gasteiger partial charge in [0.25, 0.3) is 8.32 Å². The van der Waals surface area contributed by atoms with Gasteiger partial charge in [-0.3, -0.25) is 0 Å². The Morgan fingerprint density at radius 1 is 0.886 bits per heavy atom. The van der Waals surface area contributed by atoms with Gasteiger partial charge in [0.15, 0.2) is 0 Å². The van der Waals surface area contributed by atoms with Gasteiger partial charge in [-0.15, -0.1) is 0 Å². The Hall–Kier alpha value is -2.75. The summed E-state index contributed by atoms with van der Waals surface area (Å²) in [6, 6.07) is 30.2. The first kappa shape index (κ1) is 24.0. The number of rotatable bonds is 6. The lowest BCUT2D eigenvalue weighted by Crippen LogP contribution is -2.67. The minimum Gasteiger partial charge on any atom is -0.407 e. The van der Waals surface area contributed by atoms with Gasteiger partial charge in [-0.25, -0.2) is 0 Å². The molecule has 4 atom stereocenters. The highest BCUT2D eigenvalue weighted by atomic mass is 28.4. The van der Waals surface area contributed by atoms with Crippen LogP contribution in [0.5, 0.6) is 0 Å². The van der Waals surface area contributed by atoms with Crippen molar-refractivity contribution in [2.45, 2.75) is 45.1 Å². The van der Waals surface area contributed by atoms with Crippen LogP contribution in [0.25, 0.3) is 0 Å². The van der Waals surface area contributed by atoms with E-state index < -0.39 is 13.7 Å². The van der Waals surface area contributed by atoms with Crippen molar-refractivity contribution >= 4 is 25.0 Å². The molecule has 2 aliphatic carbocycles. The molecule has 3 heteroatoms. The largest absolute Gasteiger partial charge is 0.407 e. The molecular weight excluding hydrogens is 444 g/mol. The van der Waals surface area contributed by atoms with Gasteiger partial charge in [0.2, 0.25) is 0 Å². The topological polar surface area (TPSA) is 26.3 Å². The number of hydrogen-bond acceptors (Lipinski definition) is 2. The molecule has 0 bridgehead atoms. The number of allylic oxidation sites excluding steroid dienone is 1. The van der Waals surface area contributed by atoms with Crippen LogP contribution in [0.2, 0.25) is 5.04 Å². The van der Waals surface area contributed by atoms with Crippen LogP contribution in [0.4, 0.5) is 0 Å². The third kappa shape index (κ3) is 3.86. The van der Waals surface area contributed by atoms with Crippen molar-refractivity contribution in [3.63, 3.8) is 0 Å². The second kappa shape index (κ2) is 9.04. The zero-order valence-electron chi connectivity index (χ0n) is 21.3. The zero-order valence-corrected chi connectivity index (χ0v) is 22.3. The van der Waals surface area contributed by atoms with Crippen molar-refractivity contribution in [3.05, 3.63) is 108 Å². The lowest BCUT2D eigenvalue weighted by Gasteiger charge is -2.47. The van der Waals surface area contributed by atoms with E-state index in [1.54, 1.807) is 0 Å². The summed E-state index contributed by atoms with van der Waals surface area (Å²) in [7, 11) is -2.66. The Morgan fingerprint density at radius 2 is 1.46 bits per heavy atom. The first-order chi connectivity index (χ1) is 16.8. The molecule has 2 aliphatic rings. The van der Waals surface area contributed by atoms with Crippen LogP contribution in [-0.2, 0) is 15.6 Å². The van der Waals surface area contributed by atoms with E-state index in [2.05, 4.69) is 125 Å². The van der Waals surface area contributed by atoms with Crippen LogP contribution in [0.15, 0.2) is 97.1 Å². The molecule has 0 unspecified atom stereocenters. The Bertz CT molecular complexity index is 1170. The molecule has 5 rings (SSSR count). The molecule has 0 saturated heterocycles. The van der Waals surface area contributed by atoms with E-state index in [4.69, 9.17) is 4.43 Å². The maximum absolute atomic E-state index is 12.8. The van der Waals surface area contributed by atoms with Crippen LogP contribution in [-0.4, -0.2) is 21.2 Å². The predicted molar refractivity (Wildman–Crippen MR) is 147 cm³/mol. The molecule has 35 heavy (non-hydrogen) atoms. The zero-order chi connectivity index (χ0) is 24.7. The number of hydrogen-bond donors (Lipinski definition) is 0. The number of carbonyl (C=O) groups is 1. The highest BCUT2D eigenvalue weighted by Gasteiger charge is 2.53. The number of carbonyl (C=O) groups excluding carboxylic acids is 1. The van der Waals surface area contributed by atoms with Gasteiger partial charge in [0.1, 0.15) is 6.29 Å². The van der Waals surface area contributed by atoms with Crippen molar-refractivity contribution in [3.8, 4) is 0 Å². The maximum atomic E-state index is 12.8. The number of fused-ring (bicyclic) bond motifs is 3. The summed E-state index contributed by atoms with van der Waals surface area (Å²) in [5.41, 5.74) is 2.30. The Morgan fingerprint density at radius 3 is 2.03 bits per heavy atom. The molecule has 0 amide bonds. The van der Waals surface area contributed by atoms with Crippen molar-refractivity contribution in [1.82, 2.24) is 0 Å². The molecular formula is C32H36O2Si. The lowest BCUT2D eigenvalue weighted by molar-refractivity contribution is -0.122. The molecule has 0 N–H and O–H groups in total. The fraction of sp³-hybridized carbons (Fsp3) is 0.344. The summed E-state index contributed by atoms with van der Waals surface area (Å²) in [4.78, 5) is 12.8. The van der Waals surface area contributed by atoms with Crippen LogP contribution < -0.4 is 10.4 Å². The van der Waals surface area contributed by atoms with Gasteiger partial charge in [0, 0.05) is 23.9 Å². The molecule has 3 aromatic rings. The molecule has 180 valence electrons. The van der Waals surface area contributed by atoms with Crippen LogP contribution in [0, 0.1) is 17.3 Å². The monoisotopic (exact) mass is 480 g/mol. The molecule has 3 aromatic carbocycles. The fourth-order valence-electron chi connectivity index (χ4n) is 6.59. The van der Waals surface area contributed by atoms with Crippen molar-refractivity contribution in [2.24, 2.45) is 17.3 Å². The lowest BCUT2D eigenvalue weighted by atomic mass is 9.61. The predicted octanol–water partition coefficient (Wildman–Crippen LogP) is 5.91. The minimum atomic E-state index is -2.66. The van der Waals surface area contributed by atoms with Gasteiger partial charge >= 0.3 is 0 Å². The van der Waals surface area contributed by atoms with Crippen LogP contribution in [0.1, 0.15) is 44.7 Å². The van der Waals surface area contributed by atoms with Crippen molar-refractivity contribution in [1.29, 1.82) is 0 Å². The van der Waals surface area contributed by atoms with E-state index in [0.717, 1.165) is 6.42 Å². The Balaban J connectivity index is 1.54. The van der Waals surface area contributed by atoms with E-state index >= 15 is 0 Å². The molecule has 0 saturated carbocycles. The Kier molecular flexibility index (Phi) is 6.19. The quantitative estimate of drug-likeness (QED) is 0.249. The summed E-state index contributed by atoms with van der Waals surface area (Å²) >= 11 is 0. The fourth-order valence-corrected chi connectivity index (χ4v) is 11.2. The normalized spacial score (nSPS) is 25.7. The first-order valence-corrected chi connectivity index (χ1v) is 14.7. The van der Waals surface area contributed by atoms with E-state index in [-0.39, 0.29) is 16.9 Å². The second-order valence-corrected chi connectivity index (χ2v) is 15.8. The van der Waals surface area contributed by atoms with Gasteiger partial charge in [-0.1, -0.05) is 125 Å². The van der Waals surface area contributed by atoms with Crippen molar-refractivity contribution < 1.29 is 9.22 Å². The molecule has 0 aromatic heterocycles. The smallest absolute Gasteiger partial charge is 0.261 e. The average molecular weight is 481 g/mol. The summed E-state index contributed by atoms with van der Waals surface area (Å²) in [6.45, 7) is 9.61. The van der Waals surface area contributed by atoms with Gasteiger partial charge in [-0.05, 0) is 38.9 Å². The summed E-state index contributed by atoms with van der Waals surface area (Å²) < 4.78 is 7.26. The van der Waals surface area contributed by atoms with Crippen LogP contribution in [0.3, 0.4) is 0 Å². The van der Waals surface area contributed by atoms with E-state index in [1.807, 2.05) is 0 Å². The maximum Gasteiger partial charge on any atom is 0.261 e. The average Bonchev–Trinajstić information content (AvgIpc) is 3.26. The SMILES string of the molecule is CC(C)(C)[Si](OC[C@H]1C=C[C@H]2c3ccccc3C[C@@H]2[C@@]1(C)C=O)(c1ccccc1)c1ccccc1. The summed E-state index contributed by atoms with van der Waals surface area (Å²) in [5.74, 6) is 0.623. The van der Waals surface area contributed by atoms with Gasteiger partial charge in [0.05, 0.1) is 0 Å². The number of aldehydes is 1. The van der Waals surface area contributed by atoms with E-state index in [0.29, 0.717) is 12.5 Å². The van der Waals surface area contributed by atoms with Gasteiger partial charge < -0.3 is 9.22 Å². The molecule has 0 spiro atoms. The minimum absolute atomic E-state index is 0.0391. The van der Waals surface area contributed by atoms with Crippen molar-refractivity contribution in [2.75, 3.05) is 6.61 Å². The molecule has 0 radical (unpaired) electrons.